The van der Waals surface area contributed by atoms with Crippen LogP contribution in [0.2, 0.25) is 0 Å². The van der Waals surface area contributed by atoms with Crippen molar-refractivity contribution in [2.24, 2.45) is 7.05 Å². The zero-order valence-electron chi connectivity index (χ0n) is 10.5. The number of nitrogens with two attached hydrogens (primary N) is 1. The highest BCUT2D eigenvalue weighted by Crippen LogP contribution is 2.33. The highest BCUT2D eigenvalue weighted by atomic mass is 79.9. The van der Waals surface area contributed by atoms with Gasteiger partial charge in [0.25, 0.3) is 0 Å². The molecule has 2 rings (SSSR count). The van der Waals surface area contributed by atoms with E-state index in [0.717, 1.165) is 10.3 Å². The van der Waals surface area contributed by atoms with E-state index in [4.69, 9.17) is 5.73 Å². The number of imidazole rings is 1. The van der Waals surface area contributed by atoms with E-state index in [9.17, 15) is 0 Å². The quantitative estimate of drug-likeness (QED) is 0.876. The van der Waals surface area contributed by atoms with Crippen LogP contribution in [0.15, 0.2) is 16.7 Å². The van der Waals surface area contributed by atoms with Gasteiger partial charge in [-0.15, -0.1) is 0 Å². The van der Waals surface area contributed by atoms with Crippen LogP contribution in [-0.4, -0.2) is 9.55 Å². The number of aryl methyl sites for hydroxylation is 3. The number of nitrogens with zero attached hydrogens (tertiary/aromatic N) is 2. The molecule has 2 aromatic rings. The van der Waals surface area contributed by atoms with E-state index in [-0.39, 0.29) is 0 Å². The lowest BCUT2D eigenvalue weighted by atomic mass is 9.99. The first-order valence-electron chi connectivity index (χ1n) is 5.47. The van der Waals surface area contributed by atoms with Crippen molar-refractivity contribution in [2.45, 2.75) is 20.8 Å². The van der Waals surface area contributed by atoms with Crippen molar-refractivity contribution in [3.63, 3.8) is 0 Å². The Morgan fingerprint density at radius 3 is 2.24 bits per heavy atom. The third-order valence-electron chi connectivity index (χ3n) is 3.18. The smallest absolute Gasteiger partial charge is 0.201 e. The second kappa shape index (κ2) is 4.18. The fourth-order valence-electron chi connectivity index (χ4n) is 1.99. The first-order chi connectivity index (χ1) is 7.91. The molecule has 0 saturated carbocycles. The Bertz CT molecular complexity index is 585. The van der Waals surface area contributed by atoms with Crippen molar-refractivity contribution in [2.75, 3.05) is 5.73 Å². The molecule has 1 heterocycles. The first kappa shape index (κ1) is 12.2. The van der Waals surface area contributed by atoms with Crippen LogP contribution in [-0.2, 0) is 7.05 Å². The molecule has 0 saturated heterocycles. The van der Waals surface area contributed by atoms with E-state index in [2.05, 4.69) is 53.8 Å². The number of aromatic nitrogens is 2. The molecule has 0 radical (unpaired) electrons. The Hall–Kier alpha value is -1.29. The lowest BCUT2D eigenvalue weighted by Crippen LogP contribution is -2.00. The minimum Gasteiger partial charge on any atom is -0.369 e. The van der Waals surface area contributed by atoms with Crippen molar-refractivity contribution >= 4 is 21.9 Å². The fraction of sp³-hybridized carbons (Fsp3) is 0.308. The largest absolute Gasteiger partial charge is 0.369 e. The fourth-order valence-corrected chi connectivity index (χ4v) is 2.65. The molecule has 1 aromatic heterocycles. The maximum Gasteiger partial charge on any atom is 0.201 e. The van der Waals surface area contributed by atoms with Gasteiger partial charge in [0.2, 0.25) is 5.95 Å². The van der Waals surface area contributed by atoms with Crippen LogP contribution >= 0.6 is 15.9 Å². The molecule has 3 nitrogen and oxygen atoms in total. The monoisotopic (exact) mass is 293 g/mol. The minimum absolute atomic E-state index is 0.518. The Morgan fingerprint density at radius 1 is 1.12 bits per heavy atom. The SMILES string of the molecule is Cc1cc(C)c(-c2c(Br)nc(N)n2C)cc1C. The maximum atomic E-state index is 5.82. The molecule has 0 aliphatic heterocycles. The molecule has 0 aliphatic rings. The number of anilines is 1. The van der Waals surface area contributed by atoms with E-state index < -0.39 is 0 Å². The summed E-state index contributed by atoms with van der Waals surface area (Å²) in [5.74, 6) is 0.518. The Balaban J connectivity index is 2.72. The summed E-state index contributed by atoms with van der Waals surface area (Å²) in [6.45, 7) is 6.35. The number of hydrogen-bond donors (Lipinski definition) is 1. The molecule has 0 unspecified atom stereocenters. The normalized spacial score (nSPS) is 10.9. The summed E-state index contributed by atoms with van der Waals surface area (Å²) in [6, 6.07) is 4.38. The molecule has 90 valence electrons. The summed E-state index contributed by atoms with van der Waals surface area (Å²) in [5.41, 5.74) is 11.8. The van der Waals surface area contributed by atoms with Gasteiger partial charge >= 0.3 is 0 Å². The number of nitrogen functional groups attached to an aromatic ring is 1. The number of hydrogen-bond acceptors (Lipinski definition) is 2. The van der Waals surface area contributed by atoms with Crippen LogP contribution in [0.25, 0.3) is 11.3 Å². The molecule has 17 heavy (non-hydrogen) atoms. The van der Waals surface area contributed by atoms with Crippen molar-refractivity contribution < 1.29 is 0 Å². The Kier molecular flexibility index (Phi) is 3.00. The molecule has 2 N–H and O–H groups in total. The van der Waals surface area contributed by atoms with Gasteiger partial charge < -0.3 is 10.3 Å². The zero-order valence-corrected chi connectivity index (χ0v) is 12.1. The molecule has 0 atom stereocenters. The van der Waals surface area contributed by atoms with E-state index in [1.165, 1.54) is 22.3 Å². The average Bonchev–Trinajstić information content (AvgIpc) is 2.48. The summed E-state index contributed by atoms with van der Waals surface area (Å²) in [4.78, 5) is 4.24. The summed E-state index contributed by atoms with van der Waals surface area (Å²) in [5, 5.41) is 0. The third kappa shape index (κ3) is 1.97. The van der Waals surface area contributed by atoms with Crippen LogP contribution in [0.1, 0.15) is 16.7 Å². The van der Waals surface area contributed by atoms with E-state index in [0.29, 0.717) is 5.95 Å². The third-order valence-corrected chi connectivity index (χ3v) is 3.74. The average molecular weight is 294 g/mol. The Morgan fingerprint density at radius 2 is 1.71 bits per heavy atom. The molecule has 0 bridgehead atoms. The predicted molar refractivity (Wildman–Crippen MR) is 75.0 cm³/mol. The van der Waals surface area contributed by atoms with Crippen LogP contribution in [0.5, 0.6) is 0 Å². The lowest BCUT2D eigenvalue weighted by molar-refractivity contribution is 0.936. The van der Waals surface area contributed by atoms with E-state index in [1.54, 1.807) is 0 Å². The van der Waals surface area contributed by atoms with Crippen LogP contribution in [0.4, 0.5) is 5.95 Å². The first-order valence-corrected chi connectivity index (χ1v) is 6.27. The van der Waals surface area contributed by atoms with Gasteiger partial charge in [-0.05, 0) is 59.5 Å². The standard InChI is InChI=1S/C13H16BrN3/c1-7-5-9(3)10(6-8(7)2)11-12(14)16-13(15)17(11)4/h5-6H,1-4H3,(H2,15,16). The topological polar surface area (TPSA) is 43.8 Å². The van der Waals surface area contributed by atoms with E-state index in [1.807, 2.05) is 11.6 Å². The zero-order chi connectivity index (χ0) is 12.7. The molecule has 0 aliphatic carbocycles. The van der Waals surface area contributed by atoms with Crippen molar-refractivity contribution in [1.29, 1.82) is 0 Å². The van der Waals surface area contributed by atoms with Gasteiger partial charge in [0.05, 0.1) is 5.69 Å². The van der Waals surface area contributed by atoms with Crippen molar-refractivity contribution in [1.82, 2.24) is 9.55 Å². The van der Waals surface area contributed by atoms with Crippen molar-refractivity contribution in [3.05, 3.63) is 33.4 Å². The molecule has 4 heteroatoms. The van der Waals surface area contributed by atoms with Gasteiger partial charge in [0.15, 0.2) is 0 Å². The molecule has 0 amide bonds. The van der Waals surface area contributed by atoms with Crippen LogP contribution in [0.3, 0.4) is 0 Å². The van der Waals surface area contributed by atoms with Gasteiger partial charge in [-0.3, -0.25) is 0 Å². The molecular formula is C13H16BrN3. The molecule has 1 aromatic carbocycles. The van der Waals surface area contributed by atoms with Gasteiger partial charge in [-0.2, -0.15) is 0 Å². The summed E-state index contributed by atoms with van der Waals surface area (Å²) >= 11 is 3.47. The van der Waals surface area contributed by atoms with Crippen LogP contribution in [0, 0.1) is 20.8 Å². The van der Waals surface area contributed by atoms with Gasteiger partial charge in [0.1, 0.15) is 4.60 Å². The number of benzene rings is 1. The second-order valence-electron chi connectivity index (χ2n) is 4.42. The number of halogens is 1. The maximum absolute atomic E-state index is 5.82. The predicted octanol–water partition coefficient (Wildman–Crippen LogP) is 3.36. The summed E-state index contributed by atoms with van der Waals surface area (Å²) in [7, 11) is 1.93. The van der Waals surface area contributed by atoms with Crippen LogP contribution < -0.4 is 5.73 Å². The lowest BCUT2D eigenvalue weighted by Gasteiger charge is -2.11. The molecule has 0 fully saturated rings. The molecule has 0 spiro atoms. The van der Waals surface area contributed by atoms with E-state index >= 15 is 0 Å². The van der Waals surface area contributed by atoms with Gasteiger partial charge in [0, 0.05) is 12.6 Å². The molecular weight excluding hydrogens is 278 g/mol. The highest BCUT2D eigenvalue weighted by Gasteiger charge is 2.15. The summed E-state index contributed by atoms with van der Waals surface area (Å²) < 4.78 is 2.70. The van der Waals surface area contributed by atoms with Crippen molar-refractivity contribution in [3.8, 4) is 11.3 Å². The second-order valence-corrected chi connectivity index (χ2v) is 5.17. The highest BCUT2D eigenvalue weighted by molar-refractivity contribution is 9.10. The van der Waals surface area contributed by atoms with Gasteiger partial charge in [-0.1, -0.05) is 6.07 Å². The number of rotatable bonds is 1. The summed E-state index contributed by atoms with van der Waals surface area (Å²) in [6.07, 6.45) is 0. The Labute approximate surface area is 110 Å². The van der Waals surface area contributed by atoms with Gasteiger partial charge in [-0.25, -0.2) is 4.98 Å². The minimum atomic E-state index is 0.518.